The van der Waals surface area contributed by atoms with Gasteiger partial charge in [0.1, 0.15) is 0 Å². The minimum Gasteiger partial charge on any atom is -0.393 e. The Morgan fingerprint density at radius 2 is 2.00 bits per heavy atom. The molecule has 1 aliphatic rings. The summed E-state index contributed by atoms with van der Waals surface area (Å²) in [7, 11) is 0. The highest BCUT2D eigenvalue weighted by atomic mass is 32.1. The molecule has 0 aliphatic heterocycles. The first-order chi connectivity index (χ1) is 6.50. The van der Waals surface area contributed by atoms with Crippen molar-refractivity contribution < 1.29 is 0 Å². The highest BCUT2D eigenvalue weighted by molar-refractivity contribution is 7.80. The van der Waals surface area contributed by atoms with Crippen LogP contribution >= 0.6 is 12.2 Å². The van der Waals surface area contributed by atoms with E-state index in [1.54, 1.807) is 0 Å². The maximum Gasteiger partial charge on any atom is 0.0742 e. The molecule has 1 aliphatic carbocycles. The molecule has 0 radical (unpaired) electrons. The summed E-state index contributed by atoms with van der Waals surface area (Å²) >= 11 is 4.96. The fraction of sp³-hybridized carbons (Fsp3) is 0.909. The van der Waals surface area contributed by atoms with Crippen LogP contribution in [0.5, 0.6) is 0 Å². The minimum atomic E-state index is 0.516. The topological polar surface area (TPSA) is 29.3 Å². The van der Waals surface area contributed by atoms with Gasteiger partial charge in [-0.2, -0.15) is 0 Å². The van der Waals surface area contributed by atoms with Crippen LogP contribution < -0.4 is 5.73 Å². The van der Waals surface area contributed by atoms with Crippen molar-refractivity contribution in [2.45, 2.75) is 52.1 Å². The van der Waals surface area contributed by atoms with Gasteiger partial charge in [0.05, 0.1) is 4.99 Å². The third-order valence-electron chi connectivity index (χ3n) is 2.65. The Kier molecular flexibility index (Phi) is 4.32. The molecule has 0 aromatic heterocycles. The quantitative estimate of drug-likeness (QED) is 0.687. The Hall–Kier alpha value is -0.150. The molecule has 1 unspecified atom stereocenters. The molecule has 0 saturated heterocycles. The third kappa shape index (κ3) is 3.93. The number of hydrogen-bond acceptors (Lipinski definition) is 2. The normalized spacial score (nSPS) is 18.9. The summed E-state index contributed by atoms with van der Waals surface area (Å²) in [6.45, 7) is 7.94. The maximum atomic E-state index is 5.59. The predicted molar refractivity (Wildman–Crippen MR) is 65.4 cm³/mol. The van der Waals surface area contributed by atoms with Crippen LogP contribution in [0.3, 0.4) is 0 Å². The van der Waals surface area contributed by atoms with Crippen molar-refractivity contribution in [2.75, 3.05) is 6.54 Å². The number of thiocarbonyl (C=S) groups is 1. The van der Waals surface area contributed by atoms with Crippen LogP contribution in [-0.4, -0.2) is 28.5 Å². The number of rotatable bonds is 6. The van der Waals surface area contributed by atoms with E-state index in [2.05, 4.69) is 25.7 Å². The molecule has 0 bridgehead atoms. The minimum absolute atomic E-state index is 0.516. The lowest BCUT2D eigenvalue weighted by molar-refractivity contribution is 0.180. The lowest BCUT2D eigenvalue weighted by Gasteiger charge is -2.30. The molecule has 0 amide bonds. The highest BCUT2D eigenvalue weighted by Gasteiger charge is 2.32. The average Bonchev–Trinajstić information content (AvgIpc) is 2.80. The summed E-state index contributed by atoms with van der Waals surface area (Å²) in [6.07, 6.45) is 3.57. The van der Waals surface area contributed by atoms with Crippen molar-refractivity contribution in [2.24, 2.45) is 11.7 Å². The predicted octanol–water partition coefficient (Wildman–Crippen LogP) is 2.17. The van der Waals surface area contributed by atoms with E-state index in [1.165, 1.54) is 19.4 Å². The molecular formula is C11H22N2S. The molecule has 1 saturated carbocycles. The summed E-state index contributed by atoms with van der Waals surface area (Å²) < 4.78 is 0. The Labute approximate surface area is 92.8 Å². The van der Waals surface area contributed by atoms with E-state index in [9.17, 15) is 0 Å². The zero-order valence-electron chi connectivity index (χ0n) is 9.49. The van der Waals surface area contributed by atoms with Gasteiger partial charge in [-0.3, -0.25) is 4.90 Å². The summed E-state index contributed by atoms with van der Waals surface area (Å²) in [5, 5.41) is 0. The van der Waals surface area contributed by atoms with Crippen LogP contribution in [0.25, 0.3) is 0 Å². The van der Waals surface area contributed by atoms with Crippen LogP contribution in [0.2, 0.25) is 0 Å². The smallest absolute Gasteiger partial charge is 0.0742 e. The van der Waals surface area contributed by atoms with E-state index < -0.39 is 0 Å². The maximum absolute atomic E-state index is 5.59. The van der Waals surface area contributed by atoms with Crippen molar-refractivity contribution in [1.82, 2.24) is 4.90 Å². The average molecular weight is 214 g/mol. The number of nitrogens with zero attached hydrogens (tertiary/aromatic N) is 1. The molecule has 3 heteroatoms. The molecule has 82 valence electrons. The molecule has 0 aromatic carbocycles. The van der Waals surface area contributed by atoms with Crippen molar-refractivity contribution in [3.8, 4) is 0 Å². The van der Waals surface area contributed by atoms with Gasteiger partial charge in [0.25, 0.3) is 0 Å². The molecule has 2 nitrogen and oxygen atoms in total. The fourth-order valence-corrected chi connectivity index (χ4v) is 2.17. The summed E-state index contributed by atoms with van der Waals surface area (Å²) in [6, 6.07) is 1.32. The van der Waals surface area contributed by atoms with Gasteiger partial charge in [-0.15, -0.1) is 0 Å². The SMILES string of the molecule is CC(C)CN(C(C)CC(N)=S)C1CC1. The lowest BCUT2D eigenvalue weighted by atomic mass is 10.1. The highest BCUT2D eigenvalue weighted by Crippen LogP contribution is 2.30. The van der Waals surface area contributed by atoms with Crippen molar-refractivity contribution in [1.29, 1.82) is 0 Å². The van der Waals surface area contributed by atoms with Crippen LogP contribution in [0.4, 0.5) is 0 Å². The standard InChI is InChI=1S/C11H22N2S/c1-8(2)7-13(10-4-5-10)9(3)6-11(12)14/h8-10H,4-7H2,1-3H3,(H2,12,14). The van der Waals surface area contributed by atoms with Crippen molar-refractivity contribution >= 4 is 17.2 Å². The monoisotopic (exact) mass is 214 g/mol. The van der Waals surface area contributed by atoms with Gasteiger partial charge in [-0.1, -0.05) is 26.1 Å². The zero-order valence-corrected chi connectivity index (χ0v) is 10.3. The van der Waals surface area contributed by atoms with E-state index in [-0.39, 0.29) is 0 Å². The third-order valence-corrected chi connectivity index (χ3v) is 2.82. The molecular weight excluding hydrogens is 192 g/mol. The van der Waals surface area contributed by atoms with E-state index in [0.29, 0.717) is 11.0 Å². The summed E-state index contributed by atoms with van der Waals surface area (Å²) in [5.41, 5.74) is 5.59. The summed E-state index contributed by atoms with van der Waals surface area (Å²) in [5.74, 6) is 0.726. The number of nitrogens with two attached hydrogens (primary N) is 1. The first kappa shape index (κ1) is 11.9. The first-order valence-electron chi connectivity index (χ1n) is 5.54. The molecule has 1 rings (SSSR count). The number of hydrogen-bond donors (Lipinski definition) is 1. The molecule has 2 N–H and O–H groups in total. The van der Waals surface area contributed by atoms with Gasteiger partial charge < -0.3 is 5.73 Å². The summed E-state index contributed by atoms with van der Waals surface area (Å²) in [4.78, 5) is 3.22. The second kappa shape index (κ2) is 5.08. The molecule has 0 spiro atoms. The van der Waals surface area contributed by atoms with Crippen LogP contribution in [0, 0.1) is 5.92 Å². The van der Waals surface area contributed by atoms with E-state index >= 15 is 0 Å². The molecule has 0 aromatic rings. The van der Waals surface area contributed by atoms with Crippen LogP contribution in [-0.2, 0) is 0 Å². The molecule has 1 atom stereocenters. The molecule has 0 heterocycles. The second-order valence-electron chi connectivity index (χ2n) is 4.84. The van der Waals surface area contributed by atoms with E-state index in [4.69, 9.17) is 18.0 Å². The van der Waals surface area contributed by atoms with Crippen molar-refractivity contribution in [3.05, 3.63) is 0 Å². The van der Waals surface area contributed by atoms with Gasteiger partial charge in [0.15, 0.2) is 0 Å². The largest absolute Gasteiger partial charge is 0.393 e. The van der Waals surface area contributed by atoms with E-state index in [1.807, 2.05) is 0 Å². The van der Waals surface area contributed by atoms with Gasteiger partial charge in [-0.25, -0.2) is 0 Å². The Bertz CT molecular complexity index is 199. The van der Waals surface area contributed by atoms with Gasteiger partial charge >= 0.3 is 0 Å². The van der Waals surface area contributed by atoms with Crippen LogP contribution in [0.1, 0.15) is 40.0 Å². The van der Waals surface area contributed by atoms with Crippen molar-refractivity contribution in [3.63, 3.8) is 0 Å². The molecule has 14 heavy (non-hydrogen) atoms. The molecule has 1 fully saturated rings. The lowest BCUT2D eigenvalue weighted by Crippen LogP contribution is -2.39. The Morgan fingerprint density at radius 1 is 1.43 bits per heavy atom. The van der Waals surface area contributed by atoms with Gasteiger partial charge in [0, 0.05) is 25.0 Å². The van der Waals surface area contributed by atoms with Crippen LogP contribution in [0.15, 0.2) is 0 Å². The first-order valence-corrected chi connectivity index (χ1v) is 5.95. The fourth-order valence-electron chi connectivity index (χ4n) is 1.93. The Morgan fingerprint density at radius 3 is 2.36 bits per heavy atom. The second-order valence-corrected chi connectivity index (χ2v) is 5.37. The van der Waals surface area contributed by atoms with Gasteiger partial charge in [-0.05, 0) is 25.7 Å². The Balaban J connectivity index is 2.44. The zero-order chi connectivity index (χ0) is 10.7. The van der Waals surface area contributed by atoms with Gasteiger partial charge in [0.2, 0.25) is 0 Å². The van der Waals surface area contributed by atoms with E-state index in [0.717, 1.165) is 18.4 Å².